The lowest BCUT2D eigenvalue weighted by molar-refractivity contribution is 0.309. The molecule has 0 aliphatic rings. The summed E-state index contributed by atoms with van der Waals surface area (Å²) < 4.78 is 26.0. The van der Waals surface area contributed by atoms with Gasteiger partial charge in [-0.05, 0) is 12.8 Å². The van der Waals surface area contributed by atoms with Gasteiger partial charge in [0.1, 0.15) is 0 Å². The predicted molar refractivity (Wildman–Crippen MR) is 72.6 cm³/mol. The van der Waals surface area contributed by atoms with Gasteiger partial charge >= 0.3 is 0 Å². The van der Waals surface area contributed by atoms with Gasteiger partial charge in [-0.15, -0.1) is 0 Å². The first-order valence-corrected chi connectivity index (χ1v) is 8.59. The van der Waals surface area contributed by atoms with Crippen molar-refractivity contribution in [3.63, 3.8) is 0 Å². The van der Waals surface area contributed by atoms with Crippen molar-refractivity contribution in [1.29, 1.82) is 5.26 Å². The lowest BCUT2D eigenvalue weighted by Gasteiger charge is -2.02. The summed E-state index contributed by atoms with van der Waals surface area (Å²) in [6.07, 6.45) is 11.8. The molecule has 0 aromatic heterocycles. The molecule has 0 saturated heterocycles. The highest BCUT2D eigenvalue weighted by molar-refractivity contribution is 7.85. The molecule has 0 N–H and O–H groups in total. The second-order valence-corrected chi connectivity index (χ2v) is 6.26. The minimum absolute atomic E-state index is 0.312. The van der Waals surface area contributed by atoms with Crippen LogP contribution < -0.4 is 0 Å². The van der Waals surface area contributed by atoms with E-state index in [1.165, 1.54) is 25.7 Å². The quantitative estimate of drug-likeness (QED) is 0.404. The van der Waals surface area contributed by atoms with Crippen molar-refractivity contribution < 1.29 is 12.6 Å². The van der Waals surface area contributed by atoms with Crippen LogP contribution >= 0.6 is 0 Å². The van der Waals surface area contributed by atoms with Crippen LogP contribution in [-0.2, 0) is 14.3 Å². The third-order valence-corrected chi connectivity index (χ3v) is 3.33. The molecule has 4 nitrogen and oxygen atoms in total. The van der Waals surface area contributed by atoms with Crippen LogP contribution in [-0.4, -0.2) is 21.3 Å². The number of rotatable bonds is 12. The summed E-state index contributed by atoms with van der Waals surface area (Å²) in [5, 5.41) is 8.36. The van der Waals surface area contributed by atoms with E-state index in [-0.39, 0.29) is 0 Å². The first-order valence-electron chi connectivity index (χ1n) is 6.77. The molecular weight excluding hydrogens is 250 g/mol. The Labute approximate surface area is 111 Å². The maximum absolute atomic E-state index is 10.7. The average molecular weight is 275 g/mol. The van der Waals surface area contributed by atoms with Gasteiger partial charge in [0.25, 0.3) is 10.1 Å². The molecule has 0 bridgehead atoms. The van der Waals surface area contributed by atoms with Gasteiger partial charge in [0.05, 0.1) is 18.9 Å². The molecule has 0 atom stereocenters. The van der Waals surface area contributed by atoms with Crippen molar-refractivity contribution in [3.05, 3.63) is 0 Å². The smallest absolute Gasteiger partial charge is 0.264 e. The average Bonchev–Trinajstić information content (AvgIpc) is 2.29. The normalized spacial score (nSPS) is 11.3. The van der Waals surface area contributed by atoms with E-state index in [0.717, 1.165) is 38.4 Å². The van der Waals surface area contributed by atoms with Gasteiger partial charge in [0.2, 0.25) is 0 Å². The predicted octanol–water partition coefficient (Wildman–Crippen LogP) is 3.39. The summed E-state index contributed by atoms with van der Waals surface area (Å²) >= 11 is 0. The third kappa shape index (κ3) is 15.4. The number of nitrogens with zero attached hydrogens (tertiary/aromatic N) is 1. The van der Waals surface area contributed by atoms with E-state index in [1.54, 1.807) is 0 Å². The van der Waals surface area contributed by atoms with Crippen LogP contribution in [0.5, 0.6) is 0 Å². The zero-order chi connectivity index (χ0) is 13.7. The third-order valence-electron chi connectivity index (χ3n) is 2.73. The highest BCUT2D eigenvalue weighted by atomic mass is 32.2. The molecular formula is C13H25NO3S. The van der Waals surface area contributed by atoms with Crippen LogP contribution in [0.3, 0.4) is 0 Å². The Morgan fingerprint density at radius 2 is 1.33 bits per heavy atom. The van der Waals surface area contributed by atoms with Crippen molar-refractivity contribution in [3.8, 4) is 6.07 Å². The maximum atomic E-state index is 10.7. The monoisotopic (exact) mass is 275 g/mol. The number of nitriles is 1. The second-order valence-electron chi connectivity index (χ2n) is 4.62. The summed E-state index contributed by atoms with van der Waals surface area (Å²) in [6.45, 7) is 0.312. The molecule has 0 amide bonds. The van der Waals surface area contributed by atoms with E-state index in [1.807, 2.05) is 0 Å². The largest absolute Gasteiger partial charge is 0.270 e. The molecule has 0 aliphatic heterocycles. The van der Waals surface area contributed by atoms with Crippen LogP contribution in [0.4, 0.5) is 0 Å². The Morgan fingerprint density at radius 1 is 0.889 bits per heavy atom. The maximum Gasteiger partial charge on any atom is 0.264 e. The zero-order valence-corrected chi connectivity index (χ0v) is 12.2. The molecule has 0 heterocycles. The fourth-order valence-electron chi connectivity index (χ4n) is 1.75. The van der Waals surface area contributed by atoms with Gasteiger partial charge in [-0.25, -0.2) is 0 Å². The van der Waals surface area contributed by atoms with Crippen LogP contribution in [0, 0.1) is 11.3 Å². The summed E-state index contributed by atoms with van der Waals surface area (Å²) in [5.41, 5.74) is 0. The van der Waals surface area contributed by atoms with E-state index < -0.39 is 10.1 Å². The summed E-state index contributed by atoms with van der Waals surface area (Å²) in [4.78, 5) is 0. The fourth-order valence-corrected chi connectivity index (χ4v) is 2.17. The summed E-state index contributed by atoms with van der Waals surface area (Å²) in [6, 6.07) is 2.15. The van der Waals surface area contributed by atoms with E-state index in [0.29, 0.717) is 13.0 Å². The number of unbranched alkanes of at least 4 members (excludes halogenated alkanes) is 9. The van der Waals surface area contributed by atoms with Crippen LogP contribution in [0.2, 0.25) is 0 Å². The lowest BCUT2D eigenvalue weighted by atomic mass is 10.1. The Morgan fingerprint density at radius 3 is 1.78 bits per heavy atom. The minimum Gasteiger partial charge on any atom is -0.270 e. The molecule has 0 aliphatic carbocycles. The van der Waals surface area contributed by atoms with E-state index in [9.17, 15) is 8.42 Å². The number of hydrogen-bond acceptors (Lipinski definition) is 4. The topological polar surface area (TPSA) is 67.2 Å². The summed E-state index contributed by atoms with van der Waals surface area (Å²) in [7, 11) is -3.26. The second kappa shape index (κ2) is 11.5. The van der Waals surface area contributed by atoms with Gasteiger partial charge in [0.15, 0.2) is 0 Å². The lowest BCUT2D eigenvalue weighted by Crippen LogP contribution is -2.03. The Balaban J connectivity index is 3.06. The van der Waals surface area contributed by atoms with Gasteiger partial charge in [-0.3, -0.25) is 4.18 Å². The molecule has 0 unspecified atom stereocenters. The summed E-state index contributed by atoms with van der Waals surface area (Å²) in [5.74, 6) is 0. The van der Waals surface area contributed by atoms with Crippen molar-refractivity contribution in [2.75, 3.05) is 12.9 Å². The SMILES string of the molecule is CS(=O)(=O)OCCCCCCCCCCCC#N. The standard InChI is InChI=1S/C13H25NO3S/c1-18(15,16)17-13-11-9-7-5-3-2-4-6-8-10-12-14/h2-11,13H2,1H3. The first-order chi connectivity index (χ1) is 8.56. The first kappa shape index (κ1) is 17.4. The van der Waals surface area contributed by atoms with E-state index in [2.05, 4.69) is 10.3 Å². The van der Waals surface area contributed by atoms with Crippen molar-refractivity contribution in [2.45, 2.75) is 64.2 Å². The van der Waals surface area contributed by atoms with Crippen LogP contribution in [0.25, 0.3) is 0 Å². The van der Waals surface area contributed by atoms with Gasteiger partial charge in [-0.1, -0.05) is 44.9 Å². The zero-order valence-electron chi connectivity index (χ0n) is 11.4. The molecule has 106 valence electrons. The van der Waals surface area contributed by atoms with Gasteiger partial charge in [0, 0.05) is 6.42 Å². The molecule has 0 saturated carbocycles. The molecule has 0 fully saturated rings. The van der Waals surface area contributed by atoms with Gasteiger partial charge < -0.3 is 0 Å². The van der Waals surface area contributed by atoms with Crippen LogP contribution in [0.15, 0.2) is 0 Å². The molecule has 0 aromatic rings. The molecule has 0 rings (SSSR count). The molecule has 0 radical (unpaired) electrons. The Hall–Kier alpha value is -0.600. The van der Waals surface area contributed by atoms with E-state index in [4.69, 9.17) is 5.26 Å². The molecule has 0 aromatic carbocycles. The number of hydrogen-bond donors (Lipinski definition) is 0. The fraction of sp³-hybridized carbons (Fsp3) is 0.923. The molecule has 0 spiro atoms. The van der Waals surface area contributed by atoms with Crippen molar-refractivity contribution in [2.24, 2.45) is 0 Å². The molecule has 18 heavy (non-hydrogen) atoms. The molecule has 5 heteroatoms. The highest BCUT2D eigenvalue weighted by Gasteiger charge is 2.00. The van der Waals surface area contributed by atoms with Crippen molar-refractivity contribution >= 4 is 10.1 Å². The van der Waals surface area contributed by atoms with E-state index >= 15 is 0 Å². The highest BCUT2D eigenvalue weighted by Crippen LogP contribution is 2.10. The van der Waals surface area contributed by atoms with Gasteiger partial charge in [-0.2, -0.15) is 13.7 Å². The minimum atomic E-state index is -3.26. The Kier molecular flexibility index (Phi) is 11.1. The van der Waals surface area contributed by atoms with Crippen LogP contribution in [0.1, 0.15) is 64.2 Å². The Bertz CT molecular complexity index is 320. The van der Waals surface area contributed by atoms with Crippen molar-refractivity contribution in [1.82, 2.24) is 0 Å².